The molecule has 17 heavy (non-hydrogen) atoms. The van der Waals surface area contributed by atoms with Gasteiger partial charge in [-0.2, -0.15) is 0 Å². The van der Waals surface area contributed by atoms with Crippen molar-refractivity contribution in [2.24, 2.45) is 7.05 Å². The average molecular weight is 329 g/mol. The third-order valence-corrected chi connectivity index (χ3v) is 4.05. The third kappa shape index (κ3) is 3.21. The Morgan fingerprint density at radius 1 is 1.65 bits per heavy atom. The lowest BCUT2D eigenvalue weighted by Crippen LogP contribution is -2.37. The lowest BCUT2D eigenvalue weighted by Gasteiger charge is -2.08. The van der Waals surface area contributed by atoms with Crippen molar-refractivity contribution in [2.45, 2.75) is 11.1 Å². The number of aromatic nitrogens is 3. The monoisotopic (exact) mass is 328 g/mol. The number of sulfonamides is 1. The first kappa shape index (κ1) is 14.0. The largest absolute Gasteiger partial charge is 0.479 e. The van der Waals surface area contributed by atoms with Crippen molar-refractivity contribution in [1.82, 2.24) is 19.7 Å². The van der Waals surface area contributed by atoms with Crippen molar-refractivity contribution >= 4 is 31.9 Å². The molecule has 1 aromatic heterocycles. The van der Waals surface area contributed by atoms with Crippen LogP contribution in [0.25, 0.3) is 0 Å². The van der Waals surface area contributed by atoms with Gasteiger partial charge in [0.2, 0.25) is 5.03 Å². The number of rotatable bonds is 5. The van der Waals surface area contributed by atoms with Gasteiger partial charge in [0.05, 0.1) is 0 Å². The van der Waals surface area contributed by atoms with Gasteiger partial charge in [0.25, 0.3) is 10.0 Å². The normalized spacial score (nSPS) is 13.6. The zero-order valence-electron chi connectivity index (χ0n) is 8.53. The van der Waals surface area contributed by atoms with Crippen molar-refractivity contribution < 1.29 is 23.4 Å². The molecule has 0 radical (unpaired) electrons. The second kappa shape index (κ2) is 5.08. The fraction of sp³-hybridized carbons (Fsp3) is 0.500. The number of aliphatic carboxylic acids is 1. The molecule has 3 N–H and O–H groups in total. The molecule has 0 spiro atoms. The number of carboxylic acid groups (broad SMARTS) is 1. The van der Waals surface area contributed by atoms with Crippen molar-refractivity contribution in [3.05, 3.63) is 4.60 Å². The van der Waals surface area contributed by atoms with Crippen LogP contribution in [0.4, 0.5) is 0 Å². The Morgan fingerprint density at radius 3 is 2.65 bits per heavy atom. The zero-order valence-corrected chi connectivity index (χ0v) is 10.9. The molecule has 0 saturated carbocycles. The van der Waals surface area contributed by atoms with Gasteiger partial charge in [0.1, 0.15) is 0 Å². The summed E-state index contributed by atoms with van der Waals surface area (Å²) in [4.78, 5) is 10.3. The first-order valence-corrected chi connectivity index (χ1v) is 6.49. The van der Waals surface area contributed by atoms with E-state index >= 15 is 0 Å². The minimum atomic E-state index is -3.99. The summed E-state index contributed by atoms with van der Waals surface area (Å²) >= 11 is 2.90. The van der Waals surface area contributed by atoms with Gasteiger partial charge in [0, 0.05) is 13.6 Å². The Labute approximate surface area is 105 Å². The Balaban J connectivity index is 2.87. The maximum Gasteiger partial charge on any atom is 0.333 e. The van der Waals surface area contributed by atoms with Gasteiger partial charge < -0.3 is 10.2 Å². The van der Waals surface area contributed by atoms with Crippen molar-refractivity contribution in [2.75, 3.05) is 6.54 Å². The number of aliphatic hydroxyl groups is 1. The van der Waals surface area contributed by atoms with Gasteiger partial charge in [-0.25, -0.2) is 22.6 Å². The third-order valence-electron chi connectivity index (χ3n) is 1.74. The SMILES string of the molecule is Cn1nnc(Br)c1S(=O)(=O)NCC(O)C(=O)O. The molecular formula is C6H9BrN4O5S. The second-order valence-corrected chi connectivity index (χ2v) is 5.45. The van der Waals surface area contributed by atoms with Gasteiger partial charge in [-0.1, -0.05) is 5.21 Å². The van der Waals surface area contributed by atoms with Crippen molar-refractivity contribution in [3.8, 4) is 0 Å². The molecule has 0 amide bonds. The van der Waals surface area contributed by atoms with E-state index in [1.54, 1.807) is 0 Å². The van der Waals surface area contributed by atoms with E-state index in [2.05, 4.69) is 26.2 Å². The van der Waals surface area contributed by atoms with Crippen LogP contribution >= 0.6 is 15.9 Å². The van der Waals surface area contributed by atoms with E-state index in [0.717, 1.165) is 4.68 Å². The Hall–Kier alpha value is -1.04. The highest BCUT2D eigenvalue weighted by atomic mass is 79.9. The summed E-state index contributed by atoms with van der Waals surface area (Å²) in [5.41, 5.74) is 0. The van der Waals surface area contributed by atoms with Crippen LogP contribution in [-0.2, 0) is 21.9 Å². The van der Waals surface area contributed by atoms with Crippen molar-refractivity contribution in [3.63, 3.8) is 0 Å². The van der Waals surface area contributed by atoms with E-state index in [1.165, 1.54) is 7.05 Å². The van der Waals surface area contributed by atoms with Crippen molar-refractivity contribution in [1.29, 1.82) is 0 Å². The summed E-state index contributed by atoms with van der Waals surface area (Å²) in [5, 5.41) is 24.0. The van der Waals surface area contributed by atoms with E-state index in [1.807, 2.05) is 4.72 Å². The Morgan fingerprint density at radius 2 is 2.24 bits per heavy atom. The molecule has 0 aliphatic heterocycles. The fourth-order valence-corrected chi connectivity index (χ4v) is 3.08. The number of carboxylic acids is 1. The predicted molar refractivity (Wildman–Crippen MR) is 57.5 cm³/mol. The van der Waals surface area contributed by atoms with E-state index < -0.39 is 28.6 Å². The summed E-state index contributed by atoms with van der Waals surface area (Å²) in [7, 11) is -2.63. The topological polar surface area (TPSA) is 134 Å². The summed E-state index contributed by atoms with van der Waals surface area (Å²) in [6.07, 6.45) is -1.82. The molecule has 96 valence electrons. The van der Waals surface area contributed by atoms with Gasteiger partial charge in [0.15, 0.2) is 10.7 Å². The van der Waals surface area contributed by atoms with E-state index in [0.29, 0.717) is 0 Å². The average Bonchev–Trinajstić information content (AvgIpc) is 2.55. The Bertz CT molecular complexity index is 507. The number of halogens is 1. The molecule has 1 heterocycles. The maximum atomic E-state index is 11.7. The molecular weight excluding hydrogens is 320 g/mol. The second-order valence-electron chi connectivity index (χ2n) is 3.01. The van der Waals surface area contributed by atoms with Crippen LogP contribution in [0.3, 0.4) is 0 Å². The smallest absolute Gasteiger partial charge is 0.333 e. The maximum absolute atomic E-state index is 11.7. The highest BCUT2D eigenvalue weighted by molar-refractivity contribution is 9.10. The van der Waals surface area contributed by atoms with Crippen LogP contribution in [-0.4, -0.2) is 52.2 Å². The van der Waals surface area contributed by atoms with Crippen LogP contribution < -0.4 is 4.72 Å². The molecule has 1 atom stereocenters. The summed E-state index contributed by atoms with van der Waals surface area (Å²) in [5.74, 6) is -1.52. The summed E-state index contributed by atoms with van der Waals surface area (Å²) in [6, 6.07) is 0. The molecule has 0 saturated heterocycles. The number of nitrogens with one attached hydrogen (secondary N) is 1. The number of nitrogens with zero attached hydrogens (tertiary/aromatic N) is 3. The molecule has 11 heteroatoms. The van der Waals surface area contributed by atoms with E-state index in [-0.39, 0.29) is 9.63 Å². The first-order valence-electron chi connectivity index (χ1n) is 4.21. The number of hydrogen-bond donors (Lipinski definition) is 3. The minimum Gasteiger partial charge on any atom is -0.479 e. The van der Waals surface area contributed by atoms with Crippen LogP contribution in [0.15, 0.2) is 9.63 Å². The van der Waals surface area contributed by atoms with Crippen LogP contribution in [0.1, 0.15) is 0 Å². The number of aryl methyl sites for hydroxylation is 1. The molecule has 1 rings (SSSR count). The molecule has 0 aliphatic rings. The molecule has 0 aliphatic carbocycles. The molecule has 0 fully saturated rings. The van der Waals surface area contributed by atoms with Gasteiger partial charge in [-0.3, -0.25) is 0 Å². The molecule has 1 unspecified atom stereocenters. The first-order chi connectivity index (χ1) is 7.75. The Kier molecular flexibility index (Phi) is 4.19. The molecule has 1 aromatic rings. The van der Waals surface area contributed by atoms with Crippen LogP contribution in [0.2, 0.25) is 0 Å². The number of carbonyl (C=O) groups is 1. The standard InChI is InChI=1S/C6H9BrN4O5S/c1-11-5(4(7)9-10-11)17(15,16)8-2-3(12)6(13)14/h3,8,12H,2H2,1H3,(H,13,14). The van der Waals surface area contributed by atoms with Crippen LogP contribution in [0.5, 0.6) is 0 Å². The highest BCUT2D eigenvalue weighted by Gasteiger charge is 2.25. The van der Waals surface area contributed by atoms with E-state index in [9.17, 15) is 13.2 Å². The van der Waals surface area contributed by atoms with E-state index in [4.69, 9.17) is 10.2 Å². The van der Waals surface area contributed by atoms with Gasteiger partial charge in [-0.15, -0.1) is 5.10 Å². The van der Waals surface area contributed by atoms with Gasteiger partial charge in [-0.05, 0) is 15.9 Å². The fourth-order valence-electron chi connectivity index (χ4n) is 0.952. The molecule has 0 aromatic carbocycles. The molecule has 9 nitrogen and oxygen atoms in total. The molecule has 0 bridgehead atoms. The summed E-state index contributed by atoms with van der Waals surface area (Å²) < 4.78 is 26.4. The summed E-state index contributed by atoms with van der Waals surface area (Å²) in [6.45, 7) is -0.644. The quantitative estimate of drug-likeness (QED) is 0.586. The zero-order chi connectivity index (χ0) is 13.2. The number of aliphatic hydroxyl groups excluding tert-OH is 1. The minimum absolute atomic E-state index is 0.00249. The predicted octanol–water partition coefficient (Wildman–Crippen LogP) is -1.70. The lowest BCUT2D eigenvalue weighted by molar-refractivity contribution is -0.146. The van der Waals surface area contributed by atoms with Crippen LogP contribution in [0, 0.1) is 0 Å². The van der Waals surface area contributed by atoms with Gasteiger partial charge >= 0.3 is 5.97 Å². The lowest BCUT2D eigenvalue weighted by atomic mass is 10.4. The highest BCUT2D eigenvalue weighted by Crippen LogP contribution is 2.17. The number of hydrogen-bond acceptors (Lipinski definition) is 6.